The third-order valence-electron chi connectivity index (χ3n) is 2.41. The molecule has 2 aromatic heterocycles. The summed E-state index contributed by atoms with van der Waals surface area (Å²) in [7, 11) is 0. The van der Waals surface area contributed by atoms with Crippen molar-refractivity contribution in [2.75, 3.05) is 0 Å². The molecule has 1 N–H and O–H groups in total. The van der Waals surface area contributed by atoms with E-state index in [0.717, 1.165) is 11.3 Å². The summed E-state index contributed by atoms with van der Waals surface area (Å²) in [6.07, 6.45) is 2.24. The van der Waals surface area contributed by atoms with Crippen LogP contribution in [0.3, 0.4) is 0 Å². The molecule has 0 saturated carbocycles. The minimum Gasteiger partial charge on any atom is -0.477 e. The first kappa shape index (κ1) is 14.5. The number of rotatable bonds is 6. The van der Waals surface area contributed by atoms with Gasteiger partial charge in [0.25, 0.3) is 0 Å². The van der Waals surface area contributed by atoms with Gasteiger partial charge in [0.05, 0.1) is 5.75 Å². The number of hydrogen-bond donors (Lipinski definition) is 1. The summed E-state index contributed by atoms with van der Waals surface area (Å²) >= 11 is 1.45. The van der Waals surface area contributed by atoms with Gasteiger partial charge in [0, 0.05) is 17.5 Å². The Morgan fingerprint density at radius 1 is 1.50 bits per heavy atom. The van der Waals surface area contributed by atoms with E-state index in [-0.39, 0.29) is 5.69 Å². The van der Waals surface area contributed by atoms with E-state index in [9.17, 15) is 4.79 Å². The molecule has 0 saturated heterocycles. The number of nitrogens with zero attached hydrogens (tertiary/aromatic N) is 3. The fourth-order valence-electron chi connectivity index (χ4n) is 1.55. The van der Waals surface area contributed by atoms with Crippen LogP contribution in [0.4, 0.5) is 0 Å². The van der Waals surface area contributed by atoms with E-state index in [0.29, 0.717) is 23.4 Å². The SMILES string of the molecule is CC(C)Cc1nc(CSc2ccnc(C(=O)O)c2)no1. The fraction of sp³-hybridized carbons (Fsp3) is 0.385. The summed E-state index contributed by atoms with van der Waals surface area (Å²) in [5.74, 6) is 1.21. The Labute approximate surface area is 120 Å². The maximum absolute atomic E-state index is 10.8. The Hall–Kier alpha value is -1.89. The highest BCUT2D eigenvalue weighted by Gasteiger charge is 2.10. The molecule has 106 valence electrons. The van der Waals surface area contributed by atoms with Crippen LogP contribution in [0, 0.1) is 5.92 Å². The van der Waals surface area contributed by atoms with Gasteiger partial charge < -0.3 is 9.63 Å². The number of aromatic nitrogens is 3. The third kappa shape index (κ3) is 4.06. The number of carboxylic acid groups (broad SMARTS) is 1. The maximum Gasteiger partial charge on any atom is 0.354 e. The molecule has 0 aliphatic rings. The molecular formula is C13H15N3O3S. The van der Waals surface area contributed by atoms with Crippen molar-refractivity contribution >= 4 is 17.7 Å². The number of carbonyl (C=O) groups is 1. The molecule has 20 heavy (non-hydrogen) atoms. The molecule has 0 fully saturated rings. The van der Waals surface area contributed by atoms with Gasteiger partial charge in [-0.3, -0.25) is 0 Å². The van der Waals surface area contributed by atoms with Crippen molar-refractivity contribution in [2.45, 2.75) is 30.9 Å². The minimum atomic E-state index is -1.04. The second kappa shape index (κ2) is 6.51. The normalized spacial score (nSPS) is 10.9. The number of carboxylic acids is 1. The van der Waals surface area contributed by atoms with Gasteiger partial charge >= 0.3 is 5.97 Å². The topological polar surface area (TPSA) is 89.1 Å². The van der Waals surface area contributed by atoms with Crippen molar-refractivity contribution in [3.8, 4) is 0 Å². The molecule has 7 heteroatoms. The van der Waals surface area contributed by atoms with Gasteiger partial charge in [-0.05, 0) is 18.1 Å². The average molecular weight is 293 g/mol. The van der Waals surface area contributed by atoms with Crippen LogP contribution in [0.5, 0.6) is 0 Å². The van der Waals surface area contributed by atoms with Crippen LogP contribution >= 0.6 is 11.8 Å². The van der Waals surface area contributed by atoms with Crippen molar-refractivity contribution < 1.29 is 14.4 Å². The van der Waals surface area contributed by atoms with Crippen LogP contribution in [0.15, 0.2) is 27.7 Å². The fourth-order valence-corrected chi connectivity index (χ4v) is 2.31. The predicted octanol–water partition coefficient (Wildman–Crippen LogP) is 2.65. The molecule has 2 aromatic rings. The molecule has 6 nitrogen and oxygen atoms in total. The molecule has 0 aliphatic carbocycles. The van der Waals surface area contributed by atoms with E-state index < -0.39 is 5.97 Å². The first-order chi connectivity index (χ1) is 9.54. The van der Waals surface area contributed by atoms with E-state index >= 15 is 0 Å². The number of hydrogen-bond acceptors (Lipinski definition) is 6. The van der Waals surface area contributed by atoms with Gasteiger partial charge in [0.15, 0.2) is 5.82 Å². The Bertz CT molecular complexity index is 598. The number of pyridine rings is 1. The molecule has 0 spiro atoms. The Kier molecular flexibility index (Phi) is 4.73. The van der Waals surface area contributed by atoms with E-state index in [1.54, 1.807) is 6.07 Å². The van der Waals surface area contributed by atoms with Crippen LogP contribution in [0.2, 0.25) is 0 Å². The van der Waals surface area contributed by atoms with Crippen LogP contribution in [0.25, 0.3) is 0 Å². The molecule has 0 aromatic carbocycles. The number of aromatic carboxylic acids is 1. The third-order valence-corrected chi connectivity index (χ3v) is 3.40. The van der Waals surface area contributed by atoms with E-state index in [1.807, 2.05) is 0 Å². The van der Waals surface area contributed by atoms with Crippen LogP contribution in [-0.4, -0.2) is 26.2 Å². The molecule has 2 heterocycles. The minimum absolute atomic E-state index is 0.0311. The molecule has 0 radical (unpaired) electrons. The van der Waals surface area contributed by atoms with Crippen molar-refractivity contribution in [3.05, 3.63) is 35.7 Å². The van der Waals surface area contributed by atoms with Crippen molar-refractivity contribution in [1.82, 2.24) is 15.1 Å². The zero-order valence-corrected chi connectivity index (χ0v) is 12.1. The first-order valence-electron chi connectivity index (χ1n) is 6.18. The summed E-state index contributed by atoms with van der Waals surface area (Å²) in [5, 5.41) is 12.8. The highest BCUT2D eigenvalue weighted by Crippen LogP contribution is 2.22. The van der Waals surface area contributed by atoms with Gasteiger partial charge in [-0.15, -0.1) is 11.8 Å². The summed E-state index contributed by atoms with van der Waals surface area (Å²) < 4.78 is 5.14. The highest BCUT2D eigenvalue weighted by molar-refractivity contribution is 7.98. The first-order valence-corrected chi connectivity index (χ1v) is 7.16. The maximum atomic E-state index is 10.8. The molecule has 0 atom stereocenters. The standard InChI is InChI=1S/C13H15N3O3S/c1-8(2)5-12-15-11(16-19-12)7-20-9-3-4-14-10(6-9)13(17)18/h3-4,6,8H,5,7H2,1-2H3,(H,17,18). The Morgan fingerprint density at radius 3 is 3.00 bits per heavy atom. The molecule has 2 rings (SSSR count). The van der Waals surface area contributed by atoms with E-state index in [4.69, 9.17) is 9.63 Å². The lowest BCUT2D eigenvalue weighted by Crippen LogP contribution is -1.99. The Morgan fingerprint density at radius 2 is 2.30 bits per heavy atom. The van der Waals surface area contributed by atoms with Gasteiger partial charge in [-0.2, -0.15) is 4.98 Å². The second-order valence-electron chi connectivity index (χ2n) is 4.67. The average Bonchev–Trinajstić information content (AvgIpc) is 2.83. The van der Waals surface area contributed by atoms with Crippen LogP contribution in [0.1, 0.15) is 36.1 Å². The van der Waals surface area contributed by atoms with Crippen LogP contribution < -0.4 is 0 Å². The van der Waals surface area contributed by atoms with Gasteiger partial charge in [0.1, 0.15) is 5.69 Å². The Balaban J connectivity index is 1.96. The van der Waals surface area contributed by atoms with Crippen molar-refractivity contribution in [2.24, 2.45) is 5.92 Å². The smallest absolute Gasteiger partial charge is 0.354 e. The zero-order valence-electron chi connectivity index (χ0n) is 11.2. The molecule has 0 aliphatic heterocycles. The highest BCUT2D eigenvalue weighted by atomic mass is 32.2. The molecule has 0 unspecified atom stereocenters. The summed E-state index contributed by atoms with van der Waals surface area (Å²) in [5.41, 5.74) is 0.0311. The van der Waals surface area contributed by atoms with E-state index in [1.165, 1.54) is 24.0 Å². The van der Waals surface area contributed by atoms with Crippen molar-refractivity contribution in [1.29, 1.82) is 0 Å². The quantitative estimate of drug-likeness (QED) is 0.819. The monoisotopic (exact) mass is 293 g/mol. The van der Waals surface area contributed by atoms with Gasteiger partial charge in [0.2, 0.25) is 5.89 Å². The second-order valence-corrected chi connectivity index (χ2v) is 5.72. The largest absolute Gasteiger partial charge is 0.477 e. The number of thioether (sulfide) groups is 1. The van der Waals surface area contributed by atoms with Gasteiger partial charge in [-0.1, -0.05) is 19.0 Å². The molecular weight excluding hydrogens is 278 g/mol. The summed E-state index contributed by atoms with van der Waals surface area (Å²) in [4.78, 5) is 19.7. The predicted molar refractivity (Wildman–Crippen MR) is 73.6 cm³/mol. The van der Waals surface area contributed by atoms with Crippen LogP contribution in [-0.2, 0) is 12.2 Å². The lowest BCUT2D eigenvalue weighted by atomic mass is 10.1. The molecule has 0 bridgehead atoms. The molecule has 0 amide bonds. The van der Waals surface area contributed by atoms with Crippen molar-refractivity contribution in [3.63, 3.8) is 0 Å². The lowest BCUT2D eigenvalue weighted by Gasteiger charge is -1.99. The van der Waals surface area contributed by atoms with E-state index in [2.05, 4.69) is 29.0 Å². The lowest BCUT2D eigenvalue weighted by molar-refractivity contribution is 0.0690. The summed E-state index contributed by atoms with van der Waals surface area (Å²) in [6, 6.07) is 3.29. The van der Waals surface area contributed by atoms with Gasteiger partial charge in [-0.25, -0.2) is 9.78 Å². The zero-order chi connectivity index (χ0) is 14.5. The summed E-state index contributed by atoms with van der Waals surface area (Å²) in [6.45, 7) is 4.17.